The maximum Gasteiger partial charge on any atom is 0.262 e. The van der Waals surface area contributed by atoms with E-state index < -0.39 is 0 Å². The zero-order valence-electron chi connectivity index (χ0n) is 8.50. The molecule has 0 bridgehead atoms. The lowest BCUT2D eigenvalue weighted by Gasteiger charge is -2.06. The second kappa shape index (κ2) is 5.36. The molecule has 1 aromatic rings. The standard InChI is InChI=1S/C9H12IN3O2/c1-5(2)11-4-7-12-3-6(8(10)14)9(15)13-7/h3,5,11H,4H2,1-2H3,(H,12,13,15). The van der Waals surface area contributed by atoms with Crippen molar-refractivity contribution in [1.82, 2.24) is 15.3 Å². The van der Waals surface area contributed by atoms with E-state index in [0.717, 1.165) is 0 Å². The van der Waals surface area contributed by atoms with Crippen LogP contribution in [-0.4, -0.2) is 19.8 Å². The van der Waals surface area contributed by atoms with Crippen LogP contribution in [0.1, 0.15) is 30.0 Å². The highest BCUT2D eigenvalue weighted by Gasteiger charge is 2.08. The molecule has 0 unspecified atom stereocenters. The van der Waals surface area contributed by atoms with Gasteiger partial charge >= 0.3 is 0 Å². The van der Waals surface area contributed by atoms with Crippen molar-refractivity contribution in [3.63, 3.8) is 0 Å². The molecule has 82 valence electrons. The van der Waals surface area contributed by atoms with Crippen LogP contribution >= 0.6 is 22.6 Å². The smallest absolute Gasteiger partial charge is 0.262 e. The van der Waals surface area contributed by atoms with Crippen molar-refractivity contribution >= 4 is 26.4 Å². The van der Waals surface area contributed by atoms with Crippen LogP contribution < -0.4 is 10.9 Å². The highest BCUT2D eigenvalue weighted by atomic mass is 127. The second-order valence-corrected chi connectivity index (χ2v) is 4.36. The van der Waals surface area contributed by atoms with Crippen molar-refractivity contribution in [2.45, 2.75) is 26.4 Å². The summed E-state index contributed by atoms with van der Waals surface area (Å²) in [5.74, 6) is 0.537. The van der Waals surface area contributed by atoms with Gasteiger partial charge in [-0.05, 0) is 0 Å². The largest absolute Gasteiger partial charge is 0.309 e. The average molecular weight is 321 g/mol. The fourth-order valence-electron chi connectivity index (χ4n) is 0.962. The highest BCUT2D eigenvalue weighted by molar-refractivity contribution is 14.1. The minimum Gasteiger partial charge on any atom is -0.309 e. The summed E-state index contributed by atoms with van der Waals surface area (Å²) in [6.45, 7) is 4.49. The minimum absolute atomic E-state index is 0.0869. The lowest BCUT2D eigenvalue weighted by molar-refractivity contribution is 0.110. The molecule has 6 heteroatoms. The number of hydrogen-bond donors (Lipinski definition) is 2. The lowest BCUT2D eigenvalue weighted by Crippen LogP contribution is -2.26. The molecule has 0 aliphatic carbocycles. The topological polar surface area (TPSA) is 74.8 Å². The van der Waals surface area contributed by atoms with E-state index in [4.69, 9.17) is 0 Å². The molecule has 0 saturated carbocycles. The average Bonchev–Trinajstić information content (AvgIpc) is 2.14. The molecular formula is C9H12IN3O2. The number of nitrogens with one attached hydrogen (secondary N) is 2. The number of hydrogen-bond acceptors (Lipinski definition) is 4. The predicted octanol–water partition coefficient (Wildman–Crippen LogP) is 0.843. The predicted molar refractivity (Wildman–Crippen MR) is 65.2 cm³/mol. The van der Waals surface area contributed by atoms with Crippen molar-refractivity contribution in [2.24, 2.45) is 0 Å². The summed E-state index contributed by atoms with van der Waals surface area (Å²) in [5, 5.41) is 3.12. The van der Waals surface area contributed by atoms with Gasteiger partial charge in [0.1, 0.15) is 11.4 Å². The number of aromatic nitrogens is 2. The Morgan fingerprint density at radius 2 is 2.33 bits per heavy atom. The maximum atomic E-state index is 11.4. The molecule has 2 N–H and O–H groups in total. The molecule has 1 aromatic heterocycles. The number of aromatic amines is 1. The van der Waals surface area contributed by atoms with E-state index in [1.807, 2.05) is 13.8 Å². The third-order valence-corrected chi connectivity index (χ3v) is 2.32. The molecule has 0 fully saturated rings. The Hall–Kier alpha value is -0.760. The van der Waals surface area contributed by atoms with Crippen LogP contribution in [0.3, 0.4) is 0 Å². The van der Waals surface area contributed by atoms with Crippen molar-refractivity contribution in [2.75, 3.05) is 0 Å². The second-order valence-electron chi connectivity index (χ2n) is 3.38. The molecule has 15 heavy (non-hydrogen) atoms. The molecule has 5 nitrogen and oxygen atoms in total. The van der Waals surface area contributed by atoms with E-state index in [1.54, 1.807) is 22.6 Å². The molecule has 1 heterocycles. The summed E-state index contributed by atoms with van der Waals surface area (Å²) in [4.78, 5) is 28.9. The van der Waals surface area contributed by atoms with Crippen LogP contribution in [0.2, 0.25) is 0 Å². The van der Waals surface area contributed by atoms with E-state index in [-0.39, 0.29) is 14.9 Å². The van der Waals surface area contributed by atoms with Crippen molar-refractivity contribution < 1.29 is 4.79 Å². The lowest BCUT2D eigenvalue weighted by atomic mass is 10.3. The molecule has 0 saturated heterocycles. The van der Waals surface area contributed by atoms with Crippen LogP contribution in [0.15, 0.2) is 11.0 Å². The summed E-state index contributed by atoms with van der Waals surface area (Å²) in [6, 6.07) is 0.321. The molecule has 0 amide bonds. The van der Waals surface area contributed by atoms with E-state index in [0.29, 0.717) is 18.4 Å². The maximum absolute atomic E-state index is 11.4. The Labute approximate surface area is 101 Å². The number of carbonyl (C=O) groups is 1. The molecule has 0 radical (unpaired) electrons. The molecule has 0 atom stereocenters. The minimum atomic E-state index is -0.384. The van der Waals surface area contributed by atoms with Gasteiger partial charge < -0.3 is 10.3 Å². The summed E-state index contributed by atoms with van der Waals surface area (Å²) in [7, 11) is 0. The summed E-state index contributed by atoms with van der Waals surface area (Å²) in [5.41, 5.74) is -0.297. The molecule has 1 rings (SSSR count). The normalized spacial score (nSPS) is 10.7. The SMILES string of the molecule is CC(C)NCc1ncc(C(=O)I)c(=O)[nH]1. The van der Waals surface area contributed by atoms with E-state index in [1.165, 1.54) is 6.20 Å². The van der Waals surface area contributed by atoms with Crippen LogP contribution in [0.25, 0.3) is 0 Å². The van der Waals surface area contributed by atoms with Crippen LogP contribution in [0.5, 0.6) is 0 Å². The summed E-state index contributed by atoms with van der Waals surface area (Å²) in [6.07, 6.45) is 1.31. The molecule has 0 aromatic carbocycles. The van der Waals surface area contributed by atoms with Crippen molar-refractivity contribution in [1.29, 1.82) is 0 Å². The zero-order chi connectivity index (χ0) is 11.4. The Morgan fingerprint density at radius 1 is 1.67 bits per heavy atom. The van der Waals surface area contributed by atoms with Gasteiger partial charge in [0.05, 0.1) is 6.54 Å². The molecule has 0 aliphatic heterocycles. The fraction of sp³-hybridized carbons (Fsp3) is 0.444. The highest BCUT2D eigenvalue weighted by Crippen LogP contribution is 1.98. The van der Waals surface area contributed by atoms with E-state index >= 15 is 0 Å². The molecule has 0 spiro atoms. The van der Waals surface area contributed by atoms with Gasteiger partial charge in [0.25, 0.3) is 5.56 Å². The first kappa shape index (κ1) is 12.3. The first-order valence-electron chi connectivity index (χ1n) is 4.52. The van der Waals surface area contributed by atoms with Crippen LogP contribution in [0.4, 0.5) is 0 Å². The number of halogens is 1. The van der Waals surface area contributed by atoms with Crippen molar-refractivity contribution in [3.8, 4) is 0 Å². The molecular weight excluding hydrogens is 309 g/mol. The van der Waals surface area contributed by atoms with Crippen molar-refractivity contribution in [3.05, 3.63) is 27.9 Å². The Morgan fingerprint density at radius 3 is 2.80 bits per heavy atom. The zero-order valence-corrected chi connectivity index (χ0v) is 10.7. The number of rotatable bonds is 4. The fourth-order valence-corrected chi connectivity index (χ4v) is 1.35. The van der Waals surface area contributed by atoms with Gasteiger partial charge in [-0.15, -0.1) is 0 Å². The number of H-pyrrole nitrogens is 1. The Kier molecular flexibility index (Phi) is 4.40. The van der Waals surface area contributed by atoms with E-state index in [2.05, 4.69) is 15.3 Å². The van der Waals surface area contributed by atoms with Gasteiger partial charge in [0, 0.05) is 34.8 Å². The van der Waals surface area contributed by atoms with Gasteiger partial charge in [-0.2, -0.15) is 0 Å². The first-order valence-corrected chi connectivity index (χ1v) is 5.60. The third kappa shape index (κ3) is 3.71. The van der Waals surface area contributed by atoms with Gasteiger partial charge in [0.15, 0.2) is 0 Å². The first-order chi connectivity index (χ1) is 7.00. The molecule has 0 aliphatic rings. The van der Waals surface area contributed by atoms with Gasteiger partial charge in [-0.1, -0.05) is 13.8 Å². The Bertz CT molecular complexity index is 414. The van der Waals surface area contributed by atoms with Gasteiger partial charge in [-0.25, -0.2) is 4.98 Å². The number of nitrogens with zero attached hydrogens (tertiary/aromatic N) is 1. The van der Waals surface area contributed by atoms with Crippen LogP contribution in [0, 0.1) is 0 Å². The quantitative estimate of drug-likeness (QED) is 0.637. The van der Waals surface area contributed by atoms with E-state index in [9.17, 15) is 9.59 Å². The third-order valence-electron chi connectivity index (χ3n) is 1.74. The Balaban J connectivity index is 2.83. The van der Waals surface area contributed by atoms with Gasteiger partial charge in [-0.3, -0.25) is 9.59 Å². The number of carbonyl (C=O) groups excluding carboxylic acids is 1. The van der Waals surface area contributed by atoms with Crippen LogP contribution in [-0.2, 0) is 6.54 Å². The summed E-state index contributed by atoms with van der Waals surface area (Å²) < 4.78 is -0.301. The monoisotopic (exact) mass is 321 g/mol. The summed E-state index contributed by atoms with van der Waals surface area (Å²) >= 11 is 1.56. The van der Waals surface area contributed by atoms with Gasteiger partial charge in [0.2, 0.25) is 3.79 Å².